The summed E-state index contributed by atoms with van der Waals surface area (Å²) in [4.78, 5) is 23.0. The Morgan fingerprint density at radius 3 is 2.55 bits per heavy atom. The highest BCUT2D eigenvalue weighted by atomic mass is 35.5. The van der Waals surface area contributed by atoms with Crippen molar-refractivity contribution < 1.29 is 19.4 Å². The molecule has 0 spiro atoms. The van der Waals surface area contributed by atoms with E-state index in [1.54, 1.807) is 27.3 Å². The highest BCUT2D eigenvalue weighted by Gasteiger charge is 2.22. The van der Waals surface area contributed by atoms with E-state index in [0.717, 1.165) is 51.1 Å². The number of likely N-dealkylation sites (N-methyl/N-ethyl adjacent to an activating group) is 1. The van der Waals surface area contributed by atoms with E-state index in [4.69, 9.17) is 37.7 Å². The number of hydrogen-bond donors (Lipinski definition) is 3. The molecule has 5 rings (SSSR count). The lowest BCUT2D eigenvalue weighted by Crippen LogP contribution is -2.35. The molecule has 47 heavy (non-hydrogen) atoms. The lowest BCUT2D eigenvalue weighted by molar-refractivity contribution is -0.119. The molecule has 248 valence electrons. The number of nitrogens with zero attached hydrogens (tertiary/aromatic N) is 3. The largest absolute Gasteiger partial charge is 0.496 e. The average Bonchev–Trinajstić information content (AvgIpc) is 3.46. The average molecular weight is 679 g/mol. The number of aryl methyl sites for hydroxylation is 1. The van der Waals surface area contributed by atoms with Crippen molar-refractivity contribution in [1.82, 2.24) is 25.5 Å². The van der Waals surface area contributed by atoms with Gasteiger partial charge in [-0.15, -0.1) is 0 Å². The molecule has 1 aliphatic rings. The minimum atomic E-state index is -0.431. The van der Waals surface area contributed by atoms with Crippen molar-refractivity contribution in [2.45, 2.75) is 51.9 Å². The van der Waals surface area contributed by atoms with Gasteiger partial charge in [0, 0.05) is 78.2 Å². The summed E-state index contributed by atoms with van der Waals surface area (Å²) < 4.78 is 11.4. The van der Waals surface area contributed by atoms with Crippen molar-refractivity contribution in [2.75, 3.05) is 34.4 Å². The lowest BCUT2D eigenvalue weighted by atomic mass is 9.97. The zero-order chi connectivity index (χ0) is 33.7. The van der Waals surface area contributed by atoms with Gasteiger partial charge in [0.2, 0.25) is 11.8 Å². The van der Waals surface area contributed by atoms with E-state index >= 15 is 0 Å². The fourth-order valence-electron chi connectivity index (χ4n) is 6.02. The molecule has 9 nitrogen and oxygen atoms in total. The number of carbonyl (C=O) groups excluding carboxylic acids is 1. The Hall–Kier alpha value is -3.73. The van der Waals surface area contributed by atoms with Crippen LogP contribution in [0.25, 0.3) is 33.6 Å². The van der Waals surface area contributed by atoms with Crippen LogP contribution >= 0.6 is 23.2 Å². The van der Waals surface area contributed by atoms with Crippen LogP contribution in [0.3, 0.4) is 0 Å². The number of pyridine rings is 2. The van der Waals surface area contributed by atoms with Gasteiger partial charge >= 0.3 is 0 Å². The molecule has 4 aromatic rings. The topological polar surface area (TPSA) is 109 Å². The second kappa shape index (κ2) is 15.4. The van der Waals surface area contributed by atoms with Crippen LogP contribution in [0.15, 0.2) is 54.7 Å². The predicted molar refractivity (Wildman–Crippen MR) is 187 cm³/mol. The first-order chi connectivity index (χ1) is 22.6. The Morgan fingerprint density at radius 1 is 1.09 bits per heavy atom. The number of aliphatic hydroxyl groups is 1. The number of aliphatic hydroxyl groups excluding tert-OH is 1. The van der Waals surface area contributed by atoms with Crippen LogP contribution < -0.4 is 20.1 Å². The first kappa shape index (κ1) is 34.6. The third-order valence-corrected chi connectivity index (χ3v) is 9.10. The standard InChI is InChI=1S/C36H41Cl2N5O4/c1-21-15-24(16-31(46-4)29(21)20-43(3)19-22(2)44)35-34(38)27(13-14-40-35)26-7-6-8-28(33(26)37)30-11-9-23(36(42-30)47-5)17-39-18-25-10-12-32(45)41-25/h6-9,11,13-16,22,25,39,44H,10,12,17-20H2,1-5H3,(H,41,45)/t22-,25-/m0/s1. The van der Waals surface area contributed by atoms with Gasteiger partial charge in [0.05, 0.1) is 41.8 Å². The maximum atomic E-state index is 11.5. The van der Waals surface area contributed by atoms with Crippen molar-refractivity contribution in [2.24, 2.45) is 0 Å². The molecule has 1 fully saturated rings. The maximum absolute atomic E-state index is 11.5. The maximum Gasteiger partial charge on any atom is 0.220 e. The number of amides is 1. The van der Waals surface area contributed by atoms with E-state index in [1.807, 2.05) is 56.4 Å². The Morgan fingerprint density at radius 2 is 1.85 bits per heavy atom. The molecule has 2 aromatic heterocycles. The van der Waals surface area contributed by atoms with Crippen molar-refractivity contribution in [3.8, 4) is 45.3 Å². The van der Waals surface area contributed by atoms with Crippen LogP contribution in [0.2, 0.25) is 10.0 Å². The van der Waals surface area contributed by atoms with Gasteiger partial charge in [0.15, 0.2) is 0 Å². The number of nitrogens with one attached hydrogen (secondary N) is 2. The van der Waals surface area contributed by atoms with Crippen molar-refractivity contribution >= 4 is 29.1 Å². The quantitative estimate of drug-likeness (QED) is 0.152. The first-order valence-corrected chi connectivity index (χ1v) is 16.4. The zero-order valence-corrected chi connectivity index (χ0v) is 28.9. The summed E-state index contributed by atoms with van der Waals surface area (Å²) in [7, 11) is 5.22. The molecule has 1 saturated heterocycles. The third-order valence-electron chi connectivity index (χ3n) is 8.31. The molecule has 0 bridgehead atoms. The smallest absolute Gasteiger partial charge is 0.220 e. The van der Waals surface area contributed by atoms with E-state index in [2.05, 4.69) is 26.6 Å². The van der Waals surface area contributed by atoms with Crippen molar-refractivity contribution in [3.05, 3.63) is 81.5 Å². The number of benzene rings is 2. The molecule has 0 radical (unpaired) electrons. The molecule has 11 heteroatoms. The number of carbonyl (C=O) groups is 1. The van der Waals surface area contributed by atoms with Crippen LogP contribution in [-0.4, -0.2) is 72.4 Å². The summed E-state index contributed by atoms with van der Waals surface area (Å²) in [6.45, 7) is 6.21. The van der Waals surface area contributed by atoms with Crippen molar-refractivity contribution in [3.63, 3.8) is 0 Å². The fourth-order valence-corrected chi connectivity index (χ4v) is 6.67. The Labute approximate surface area is 286 Å². The number of methoxy groups -OCH3 is 2. The Kier molecular flexibility index (Phi) is 11.4. The highest BCUT2D eigenvalue weighted by molar-refractivity contribution is 6.39. The van der Waals surface area contributed by atoms with Gasteiger partial charge in [-0.1, -0.05) is 47.5 Å². The second-order valence-electron chi connectivity index (χ2n) is 12.0. The molecular weight excluding hydrogens is 637 g/mol. The summed E-state index contributed by atoms with van der Waals surface area (Å²) in [6.07, 6.45) is 2.71. The first-order valence-electron chi connectivity index (χ1n) is 15.6. The fraction of sp³-hybridized carbons (Fsp3) is 0.361. The number of halogens is 2. The number of ether oxygens (including phenoxy) is 2. The molecule has 0 saturated carbocycles. The predicted octanol–water partition coefficient (Wildman–Crippen LogP) is 6.29. The number of hydrogen-bond acceptors (Lipinski definition) is 8. The van der Waals surface area contributed by atoms with Crippen LogP contribution in [0.1, 0.15) is 36.5 Å². The SMILES string of the molecule is COc1cc(-c2nccc(-c3cccc(-c4ccc(CNC[C@@H]5CCC(=O)N5)c(OC)n4)c3Cl)c2Cl)cc(C)c1CN(C)C[C@H](C)O. The highest BCUT2D eigenvalue weighted by Crippen LogP contribution is 2.42. The molecule has 3 heterocycles. The van der Waals surface area contributed by atoms with Gasteiger partial charge in [-0.2, -0.15) is 0 Å². The molecular formula is C36H41Cl2N5O4. The summed E-state index contributed by atoms with van der Waals surface area (Å²) in [5, 5.41) is 17.2. The number of aromatic nitrogens is 2. The minimum Gasteiger partial charge on any atom is -0.496 e. The van der Waals surface area contributed by atoms with Gasteiger partial charge in [0.25, 0.3) is 0 Å². The van der Waals surface area contributed by atoms with Crippen LogP contribution in [0.4, 0.5) is 0 Å². The van der Waals surface area contributed by atoms with Crippen LogP contribution in [0.5, 0.6) is 11.6 Å². The van der Waals surface area contributed by atoms with Gasteiger partial charge in [0.1, 0.15) is 5.75 Å². The summed E-state index contributed by atoms with van der Waals surface area (Å²) in [5.41, 5.74) is 7.32. The molecule has 0 unspecified atom stereocenters. The van der Waals surface area contributed by atoms with Crippen LogP contribution in [-0.2, 0) is 17.9 Å². The van der Waals surface area contributed by atoms with E-state index in [1.165, 1.54) is 0 Å². The van der Waals surface area contributed by atoms with E-state index in [9.17, 15) is 9.90 Å². The summed E-state index contributed by atoms with van der Waals surface area (Å²) in [5.74, 6) is 1.33. The third kappa shape index (κ3) is 8.05. The van der Waals surface area contributed by atoms with E-state index < -0.39 is 6.10 Å². The summed E-state index contributed by atoms with van der Waals surface area (Å²) in [6, 6.07) is 15.7. The minimum absolute atomic E-state index is 0.0990. The summed E-state index contributed by atoms with van der Waals surface area (Å²) >= 11 is 14.2. The van der Waals surface area contributed by atoms with E-state index in [0.29, 0.717) is 59.9 Å². The second-order valence-corrected chi connectivity index (χ2v) is 12.8. The van der Waals surface area contributed by atoms with E-state index in [-0.39, 0.29) is 11.9 Å². The molecule has 1 aliphatic heterocycles. The monoisotopic (exact) mass is 677 g/mol. The van der Waals surface area contributed by atoms with Crippen molar-refractivity contribution in [1.29, 1.82) is 0 Å². The molecule has 2 atom stereocenters. The van der Waals surface area contributed by atoms with Gasteiger partial charge in [-0.25, -0.2) is 4.98 Å². The van der Waals surface area contributed by atoms with Crippen LogP contribution in [0, 0.1) is 6.92 Å². The van der Waals surface area contributed by atoms with Gasteiger partial charge in [-0.05, 0) is 57.1 Å². The zero-order valence-electron chi connectivity index (χ0n) is 27.4. The normalized spacial score (nSPS) is 15.2. The molecule has 0 aliphatic carbocycles. The molecule has 1 amide bonds. The Balaban J connectivity index is 1.42. The lowest BCUT2D eigenvalue weighted by Gasteiger charge is -2.22. The Bertz CT molecular complexity index is 1750. The number of rotatable bonds is 13. The van der Waals surface area contributed by atoms with Gasteiger partial charge < -0.3 is 25.2 Å². The molecule has 2 aromatic carbocycles. The van der Waals surface area contributed by atoms with Gasteiger partial charge in [-0.3, -0.25) is 14.7 Å². The molecule has 3 N–H and O–H groups in total.